The molecule has 2 nitrogen and oxygen atoms in total. The number of rotatable bonds is 1. The van der Waals surface area contributed by atoms with Gasteiger partial charge in [-0.25, -0.2) is 4.79 Å². The molecule has 1 aromatic rings. The molecule has 1 aromatic carbocycles. The smallest absolute Gasteiger partial charge is 0.380 e. The zero-order valence-electron chi connectivity index (χ0n) is 6.00. The zero-order chi connectivity index (χ0) is 8.27. The first kappa shape index (κ1) is 8.27. The van der Waals surface area contributed by atoms with Crippen LogP contribution in [0.25, 0.3) is 0 Å². The SMILES string of the molecule is Cc1ccccc1OC(=O)Br. The first-order valence-corrected chi connectivity index (χ1v) is 3.92. The molecule has 11 heavy (non-hydrogen) atoms. The van der Waals surface area contributed by atoms with Crippen molar-refractivity contribution < 1.29 is 9.53 Å². The van der Waals surface area contributed by atoms with Crippen LogP contribution in [0.4, 0.5) is 4.79 Å². The van der Waals surface area contributed by atoms with Gasteiger partial charge in [0.15, 0.2) is 0 Å². The molecule has 0 atom stereocenters. The van der Waals surface area contributed by atoms with Crippen molar-refractivity contribution in [3.8, 4) is 5.75 Å². The van der Waals surface area contributed by atoms with Gasteiger partial charge in [0, 0.05) is 15.9 Å². The Kier molecular flexibility index (Phi) is 2.65. The molecule has 0 heterocycles. The third-order valence-corrected chi connectivity index (χ3v) is 1.45. The summed E-state index contributed by atoms with van der Waals surface area (Å²) in [5, 5.41) is 0. The van der Waals surface area contributed by atoms with Crippen molar-refractivity contribution in [2.45, 2.75) is 6.92 Å². The summed E-state index contributed by atoms with van der Waals surface area (Å²) in [4.78, 5) is 9.99. The summed E-state index contributed by atoms with van der Waals surface area (Å²) in [7, 11) is 0. The Morgan fingerprint density at radius 3 is 2.64 bits per heavy atom. The minimum absolute atomic E-state index is 0.466. The molecule has 0 fully saturated rings. The van der Waals surface area contributed by atoms with Crippen LogP contribution in [-0.2, 0) is 0 Å². The Bertz CT molecular complexity index is 271. The lowest BCUT2D eigenvalue weighted by molar-refractivity contribution is 0.228. The lowest BCUT2D eigenvalue weighted by Gasteiger charge is -2.01. The highest BCUT2D eigenvalue weighted by Gasteiger charge is 2.00. The number of benzene rings is 1. The van der Waals surface area contributed by atoms with E-state index in [2.05, 4.69) is 15.9 Å². The molecular formula is C8H7BrO2. The van der Waals surface area contributed by atoms with Crippen LogP contribution in [-0.4, -0.2) is 4.88 Å². The first-order valence-electron chi connectivity index (χ1n) is 3.13. The van der Waals surface area contributed by atoms with E-state index in [-0.39, 0.29) is 0 Å². The molecule has 0 aliphatic heterocycles. The zero-order valence-corrected chi connectivity index (χ0v) is 7.59. The molecule has 0 bridgehead atoms. The van der Waals surface area contributed by atoms with Crippen LogP contribution in [0.5, 0.6) is 5.75 Å². The summed E-state index contributed by atoms with van der Waals surface area (Å²) in [6, 6.07) is 7.33. The Morgan fingerprint density at radius 1 is 1.45 bits per heavy atom. The summed E-state index contributed by atoms with van der Waals surface area (Å²) < 4.78 is 4.82. The van der Waals surface area contributed by atoms with Gasteiger partial charge in [0.05, 0.1) is 0 Å². The Hall–Kier alpha value is -0.830. The third-order valence-electron chi connectivity index (χ3n) is 1.28. The molecule has 0 unspecified atom stereocenters. The fourth-order valence-electron chi connectivity index (χ4n) is 0.757. The topological polar surface area (TPSA) is 26.3 Å². The predicted octanol–water partition coefficient (Wildman–Crippen LogP) is 2.89. The standard InChI is InChI=1S/C8H7BrO2/c1-6-4-2-3-5-7(6)11-8(9)10/h2-5H,1H3. The van der Waals surface area contributed by atoms with Crippen LogP contribution >= 0.6 is 15.9 Å². The van der Waals surface area contributed by atoms with E-state index in [4.69, 9.17) is 4.74 Å². The second-order valence-corrected chi connectivity index (χ2v) is 2.75. The lowest BCUT2D eigenvalue weighted by atomic mass is 10.2. The Morgan fingerprint density at radius 2 is 2.09 bits per heavy atom. The van der Waals surface area contributed by atoms with Crippen LogP contribution in [0.2, 0.25) is 0 Å². The molecular weight excluding hydrogens is 208 g/mol. The number of hydrogen-bond acceptors (Lipinski definition) is 2. The number of halogens is 1. The Labute approximate surface area is 73.3 Å². The van der Waals surface area contributed by atoms with Gasteiger partial charge in [0.25, 0.3) is 0 Å². The number of carbonyl (C=O) groups excluding carboxylic acids is 1. The second kappa shape index (κ2) is 3.53. The number of carbonyl (C=O) groups is 1. The first-order chi connectivity index (χ1) is 5.20. The largest absolute Gasteiger partial charge is 0.418 e. The molecule has 1 rings (SSSR count). The normalized spacial score (nSPS) is 9.27. The van der Waals surface area contributed by atoms with Gasteiger partial charge in [-0.15, -0.1) is 0 Å². The molecule has 0 aromatic heterocycles. The van der Waals surface area contributed by atoms with E-state index in [1.807, 2.05) is 25.1 Å². The van der Waals surface area contributed by atoms with E-state index >= 15 is 0 Å². The average Bonchev–Trinajstić information content (AvgIpc) is 1.93. The van der Waals surface area contributed by atoms with Crippen LogP contribution in [0, 0.1) is 6.92 Å². The fraction of sp³-hybridized carbons (Fsp3) is 0.125. The molecule has 0 saturated carbocycles. The van der Waals surface area contributed by atoms with Gasteiger partial charge >= 0.3 is 4.88 Å². The van der Waals surface area contributed by atoms with Crippen molar-refractivity contribution in [2.75, 3.05) is 0 Å². The molecule has 0 N–H and O–H groups in total. The van der Waals surface area contributed by atoms with Gasteiger partial charge in [-0.1, -0.05) is 18.2 Å². The third kappa shape index (κ3) is 2.35. The van der Waals surface area contributed by atoms with E-state index < -0.39 is 4.88 Å². The van der Waals surface area contributed by atoms with Crippen LogP contribution in [0.1, 0.15) is 5.56 Å². The fourth-order valence-corrected chi connectivity index (χ4v) is 0.932. The Balaban J connectivity index is 2.86. The number of hydrogen-bond donors (Lipinski definition) is 0. The molecule has 0 aliphatic rings. The maximum atomic E-state index is 10.5. The van der Waals surface area contributed by atoms with Crippen LogP contribution < -0.4 is 4.74 Å². The second-order valence-electron chi connectivity index (χ2n) is 2.11. The van der Waals surface area contributed by atoms with Gasteiger partial charge in [-0.3, -0.25) is 0 Å². The summed E-state index contributed by atoms with van der Waals surface area (Å²) in [6.45, 7) is 1.88. The van der Waals surface area contributed by atoms with Crippen molar-refractivity contribution in [3.05, 3.63) is 29.8 Å². The predicted molar refractivity (Wildman–Crippen MR) is 46.1 cm³/mol. The van der Waals surface area contributed by atoms with E-state index in [0.29, 0.717) is 5.75 Å². The minimum atomic E-state index is -0.466. The van der Waals surface area contributed by atoms with Gasteiger partial charge in [-0.05, 0) is 18.6 Å². The van der Waals surface area contributed by atoms with Gasteiger partial charge in [0.2, 0.25) is 0 Å². The summed E-state index contributed by atoms with van der Waals surface area (Å²) in [5.41, 5.74) is 0.945. The highest BCUT2D eigenvalue weighted by Crippen LogP contribution is 2.17. The van der Waals surface area contributed by atoms with Crippen LogP contribution in [0.15, 0.2) is 24.3 Å². The van der Waals surface area contributed by atoms with Gasteiger partial charge in [0.1, 0.15) is 5.75 Å². The van der Waals surface area contributed by atoms with Crippen LogP contribution in [0.3, 0.4) is 0 Å². The maximum Gasteiger partial charge on any atom is 0.380 e. The van der Waals surface area contributed by atoms with E-state index in [1.165, 1.54) is 0 Å². The van der Waals surface area contributed by atoms with Gasteiger partial charge < -0.3 is 4.74 Å². The van der Waals surface area contributed by atoms with Crippen molar-refractivity contribution >= 4 is 20.8 Å². The quantitative estimate of drug-likeness (QED) is 0.673. The highest BCUT2D eigenvalue weighted by molar-refractivity contribution is 9.18. The van der Waals surface area contributed by atoms with Gasteiger partial charge in [-0.2, -0.15) is 0 Å². The number of aryl methyl sites for hydroxylation is 1. The monoisotopic (exact) mass is 214 g/mol. The summed E-state index contributed by atoms with van der Waals surface area (Å²) >= 11 is 2.68. The van der Waals surface area contributed by atoms with E-state index in [1.54, 1.807) is 6.07 Å². The molecule has 0 radical (unpaired) electrons. The molecule has 58 valence electrons. The van der Waals surface area contributed by atoms with Crippen molar-refractivity contribution in [2.24, 2.45) is 0 Å². The maximum absolute atomic E-state index is 10.5. The molecule has 0 aliphatic carbocycles. The van der Waals surface area contributed by atoms with Crippen molar-refractivity contribution in [1.29, 1.82) is 0 Å². The van der Waals surface area contributed by atoms with E-state index in [0.717, 1.165) is 5.56 Å². The lowest BCUT2D eigenvalue weighted by Crippen LogP contribution is -1.96. The van der Waals surface area contributed by atoms with E-state index in [9.17, 15) is 4.79 Å². The molecule has 3 heteroatoms. The summed E-state index contributed by atoms with van der Waals surface area (Å²) in [5.74, 6) is 0.592. The average molecular weight is 215 g/mol. The van der Waals surface area contributed by atoms with Crippen molar-refractivity contribution in [1.82, 2.24) is 0 Å². The highest BCUT2D eigenvalue weighted by atomic mass is 79.9. The molecule has 0 amide bonds. The molecule has 0 spiro atoms. The summed E-state index contributed by atoms with van der Waals surface area (Å²) in [6.07, 6.45) is 0. The minimum Gasteiger partial charge on any atom is -0.418 e. The number of para-hydroxylation sites is 1. The molecule has 0 saturated heterocycles. The number of ether oxygens (including phenoxy) is 1. The van der Waals surface area contributed by atoms with Crippen molar-refractivity contribution in [3.63, 3.8) is 0 Å².